The summed E-state index contributed by atoms with van der Waals surface area (Å²) < 4.78 is 0. The number of nitrogens with one attached hydrogen (secondary N) is 3. The average molecular weight is 471 g/mol. The smallest absolute Gasteiger partial charge is 0.326 e. The molecule has 0 aliphatic carbocycles. The fourth-order valence-corrected chi connectivity index (χ4v) is 3.16. The van der Waals surface area contributed by atoms with E-state index in [4.69, 9.17) is 5.73 Å². The number of rotatable bonds is 12. The summed E-state index contributed by atoms with van der Waals surface area (Å²) in [5.41, 5.74) is 7.48. The minimum Gasteiger partial charge on any atom is -0.480 e. The molecule has 0 aromatic heterocycles. The molecule has 34 heavy (non-hydrogen) atoms. The van der Waals surface area contributed by atoms with Crippen molar-refractivity contribution in [3.63, 3.8) is 0 Å². The molecule has 2 aromatic rings. The van der Waals surface area contributed by atoms with Crippen LogP contribution in [0.1, 0.15) is 18.1 Å². The lowest BCUT2D eigenvalue weighted by Gasteiger charge is -2.22. The van der Waals surface area contributed by atoms with Crippen LogP contribution in [-0.4, -0.2) is 64.7 Å². The highest BCUT2D eigenvalue weighted by molar-refractivity contribution is 5.94. The van der Waals surface area contributed by atoms with E-state index in [-0.39, 0.29) is 12.8 Å². The molecule has 7 N–H and O–H groups in total. The lowest BCUT2D eigenvalue weighted by molar-refractivity contribution is -0.142. The van der Waals surface area contributed by atoms with Crippen LogP contribution in [0.4, 0.5) is 0 Å². The van der Waals surface area contributed by atoms with Crippen LogP contribution in [0, 0.1) is 0 Å². The van der Waals surface area contributed by atoms with Crippen molar-refractivity contribution >= 4 is 23.7 Å². The fourth-order valence-electron chi connectivity index (χ4n) is 3.16. The number of nitrogens with two attached hydrogens (primary N) is 1. The second kappa shape index (κ2) is 13.1. The van der Waals surface area contributed by atoms with Crippen LogP contribution < -0.4 is 21.7 Å². The molecule has 4 atom stereocenters. The largest absolute Gasteiger partial charge is 0.480 e. The first-order chi connectivity index (χ1) is 16.2. The molecule has 10 heteroatoms. The maximum absolute atomic E-state index is 12.5. The van der Waals surface area contributed by atoms with Gasteiger partial charge in [0, 0.05) is 6.42 Å². The van der Waals surface area contributed by atoms with E-state index in [1.54, 1.807) is 30.3 Å². The van der Waals surface area contributed by atoms with E-state index in [0.29, 0.717) is 5.56 Å². The predicted octanol–water partition coefficient (Wildman–Crippen LogP) is -0.650. The molecule has 0 radical (unpaired) electrons. The van der Waals surface area contributed by atoms with Gasteiger partial charge in [-0.25, -0.2) is 4.79 Å². The molecule has 0 saturated heterocycles. The number of carboxylic acids is 1. The van der Waals surface area contributed by atoms with Crippen LogP contribution in [0.5, 0.6) is 0 Å². The summed E-state index contributed by atoms with van der Waals surface area (Å²) in [6.07, 6.45) is 0.306. The zero-order valence-corrected chi connectivity index (χ0v) is 18.8. The molecule has 0 spiro atoms. The number of hydrogen-bond donors (Lipinski definition) is 6. The zero-order chi connectivity index (χ0) is 25.1. The van der Waals surface area contributed by atoms with Crippen LogP contribution in [0.2, 0.25) is 0 Å². The van der Waals surface area contributed by atoms with Crippen LogP contribution in [0.25, 0.3) is 0 Å². The third-order valence-electron chi connectivity index (χ3n) is 5.10. The summed E-state index contributed by atoms with van der Waals surface area (Å²) in [6, 6.07) is 13.3. The number of carboxylic acid groups (broad SMARTS) is 1. The monoisotopic (exact) mass is 470 g/mol. The Morgan fingerprint density at radius 3 is 1.76 bits per heavy atom. The third kappa shape index (κ3) is 8.30. The number of benzene rings is 2. The fraction of sp³-hybridized carbons (Fsp3) is 0.333. The van der Waals surface area contributed by atoms with Gasteiger partial charge in [0.15, 0.2) is 0 Å². The van der Waals surface area contributed by atoms with Gasteiger partial charge in [0.25, 0.3) is 0 Å². The average Bonchev–Trinajstić information content (AvgIpc) is 2.82. The van der Waals surface area contributed by atoms with Gasteiger partial charge in [-0.15, -0.1) is 0 Å². The zero-order valence-electron chi connectivity index (χ0n) is 18.8. The van der Waals surface area contributed by atoms with Gasteiger partial charge in [0.2, 0.25) is 17.7 Å². The normalized spacial score (nSPS) is 14.2. The molecule has 0 aliphatic rings. The van der Waals surface area contributed by atoms with Crippen molar-refractivity contribution in [2.75, 3.05) is 6.61 Å². The standard InChI is InChI=1S/C24H30N4O6/c1-15(26-22(31)18(25)12-16-8-4-2-5-9-16)21(30)28-20(14-29)23(32)27-19(24(33)34)13-17-10-6-3-7-11-17/h2-11,15,18-20,29H,12-14,25H2,1H3,(H,26,31)(H,27,32)(H,28,30)(H,33,34). The Kier molecular flexibility index (Phi) is 10.2. The van der Waals surface area contributed by atoms with Gasteiger partial charge >= 0.3 is 5.97 Å². The second-order valence-electron chi connectivity index (χ2n) is 7.86. The third-order valence-corrected chi connectivity index (χ3v) is 5.10. The van der Waals surface area contributed by atoms with Gasteiger partial charge in [-0.2, -0.15) is 0 Å². The van der Waals surface area contributed by atoms with Crippen LogP contribution in [-0.2, 0) is 32.0 Å². The summed E-state index contributed by atoms with van der Waals surface area (Å²) in [7, 11) is 0. The number of aliphatic hydroxyl groups excluding tert-OH is 1. The van der Waals surface area contributed by atoms with E-state index in [2.05, 4.69) is 16.0 Å². The Hall–Kier alpha value is -3.76. The van der Waals surface area contributed by atoms with Crippen molar-refractivity contribution in [3.8, 4) is 0 Å². The highest BCUT2D eigenvalue weighted by Crippen LogP contribution is 2.05. The van der Waals surface area contributed by atoms with Gasteiger partial charge in [0.1, 0.15) is 18.1 Å². The highest BCUT2D eigenvalue weighted by atomic mass is 16.4. The first-order valence-corrected chi connectivity index (χ1v) is 10.8. The summed E-state index contributed by atoms with van der Waals surface area (Å²) >= 11 is 0. The summed E-state index contributed by atoms with van der Waals surface area (Å²) in [4.78, 5) is 48.9. The molecular formula is C24H30N4O6. The van der Waals surface area contributed by atoms with Crippen LogP contribution >= 0.6 is 0 Å². The van der Waals surface area contributed by atoms with Crippen LogP contribution in [0.15, 0.2) is 60.7 Å². The first-order valence-electron chi connectivity index (χ1n) is 10.8. The number of aliphatic hydroxyl groups is 1. The Morgan fingerprint density at radius 2 is 1.26 bits per heavy atom. The molecule has 10 nitrogen and oxygen atoms in total. The van der Waals surface area contributed by atoms with E-state index in [1.165, 1.54) is 6.92 Å². The quantitative estimate of drug-likeness (QED) is 0.239. The number of carbonyl (C=O) groups is 4. The summed E-state index contributed by atoms with van der Waals surface area (Å²) in [6.45, 7) is 0.647. The minimum absolute atomic E-state index is 0.0276. The molecule has 0 aliphatic heterocycles. The van der Waals surface area contributed by atoms with Crippen molar-refractivity contribution in [2.45, 2.75) is 43.9 Å². The second-order valence-corrected chi connectivity index (χ2v) is 7.86. The summed E-state index contributed by atoms with van der Waals surface area (Å²) in [5, 5.41) is 26.1. The number of carbonyl (C=O) groups excluding carboxylic acids is 3. The molecule has 182 valence electrons. The lowest BCUT2D eigenvalue weighted by atomic mass is 10.1. The van der Waals surface area contributed by atoms with Crippen molar-refractivity contribution < 1.29 is 29.4 Å². The molecule has 3 amide bonds. The predicted molar refractivity (Wildman–Crippen MR) is 124 cm³/mol. The SMILES string of the molecule is CC(NC(=O)C(N)Cc1ccccc1)C(=O)NC(CO)C(=O)NC(Cc1ccccc1)C(=O)O. The van der Waals surface area contributed by atoms with E-state index >= 15 is 0 Å². The molecule has 2 aromatic carbocycles. The van der Waals surface area contributed by atoms with Gasteiger partial charge in [-0.3, -0.25) is 14.4 Å². The molecule has 0 fully saturated rings. The van der Waals surface area contributed by atoms with Gasteiger partial charge in [-0.05, 0) is 24.5 Å². The molecule has 0 heterocycles. The molecule has 2 rings (SSSR count). The maximum Gasteiger partial charge on any atom is 0.326 e. The highest BCUT2D eigenvalue weighted by Gasteiger charge is 2.28. The van der Waals surface area contributed by atoms with E-state index in [0.717, 1.165) is 5.56 Å². The van der Waals surface area contributed by atoms with Gasteiger partial charge < -0.3 is 31.9 Å². The first kappa shape index (κ1) is 26.5. The van der Waals surface area contributed by atoms with Crippen molar-refractivity contribution in [2.24, 2.45) is 5.73 Å². The Labute approximate surface area is 197 Å². The van der Waals surface area contributed by atoms with Crippen molar-refractivity contribution in [1.82, 2.24) is 16.0 Å². The molecule has 0 saturated carbocycles. The Morgan fingerprint density at radius 1 is 0.765 bits per heavy atom. The number of hydrogen-bond acceptors (Lipinski definition) is 6. The van der Waals surface area contributed by atoms with Crippen molar-refractivity contribution in [1.29, 1.82) is 0 Å². The van der Waals surface area contributed by atoms with E-state index < -0.39 is 54.5 Å². The van der Waals surface area contributed by atoms with Gasteiger partial charge in [0.05, 0.1) is 12.6 Å². The Balaban J connectivity index is 1.90. The number of aliphatic carboxylic acids is 1. The molecule has 0 bridgehead atoms. The van der Waals surface area contributed by atoms with Crippen LogP contribution in [0.3, 0.4) is 0 Å². The maximum atomic E-state index is 12.5. The number of amides is 3. The lowest BCUT2D eigenvalue weighted by Crippen LogP contribution is -2.57. The minimum atomic E-state index is -1.40. The van der Waals surface area contributed by atoms with Crippen molar-refractivity contribution in [3.05, 3.63) is 71.8 Å². The van der Waals surface area contributed by atoms with E-state index in [9.17, 15) is 29.4 Å². The molecular weight excluding hydrogens is 440 g/mol. The van der Waals surface area contributed by atoms with E-state index in [1.807, 2.05) is 30.3 Å². The topological polar surface area (TPSA) is 171 Å². The Bertz CT molecular complexity index is 970. The molecule has 4 unspecified atom stereocenters. The summed E-state index contributed by atoms with van der Waals surface area (Å²) in [5.74, 6) is -3.40. The van der Waals surface area contributed by atoms with Gasteiger partial charge in [-0.1, -0.05) is 60.7 Å².